The summed E-state index contributed by atoms with van der Waals surface area (Å²) in [6.07, 6.45) is -7.88. The molecular formula is C9H8ClF3N4O2. The lowest BCUT2D eigenvalue weighted by Gasteiger charge is -2.20. The second kappa shape index (κ2) is 6.07. The zero-order valence-electron chi connectivity index (χ0n) is 9.21. The molecule has 0 aliphatic heterocycles. The van der Waals surface area contributed by atoms with E-state index in [0.717, 1.165) is 6.07 Å². The molecule has 0 saturated carbocycles. The Morgan fingerprint density at radius 3 is 2.63 bits per heavy atom. The Morgan fingerprint density at radius 2 is 2.11 bits per heavy atom. The number of nitrogens with zero attached hydrogens (tertiary/aromatic N) is 4. The van der Waals surface area contributed by atoms with Crippen LogP contribution in [0, 0.1) is 0 Å². The number of rotatable bonds is 4. The summed E-state index contributed by atoms with van der Waals surface area (Å²) in [5, 5.41) is 21.8. The first-order valence-electron chi connectivity index (χ1n) is 4.87. The van der Waals surface area contributed by atoms with Gasteiger partial charge in [-0.05, 0) is 17.2 Å². The van der Waals surface area contributed by atoms with Crippen molar-refractivity contribution in [2.45, 2.75) is 18.4 Å². The summed E-state index contributed by atoms with van der Waals surface area (Å²) in [6, 6.07) is 0.800. The van der Waals surface area contributed by atoms with Crippen molar-refractivity contribution >= 4 is 11.6 Å². The predicted octanol–water partition coefficient (Wildman–Crippen LogP) is 2.46. The molecule has 6 nitrogen and oxygen atoms in total. The number of hydrogen-bond donors (Lipinski definition) is 2. The van der Waals surface area contributed by atoms with Crippen LogP contribution in [0.5, 0.6) is 0 Å². The minimum atomic E-state index is -4.76. The van der Waals surface area contributed by atoms with Crippen LogP contribution in [0.1, 0.15) is 17.2 Å². The average molecular weight is 297 g/mol. The van der Waals surface area contributed by atoms with Crippen molar-refractivity contribution in [1.82, 2.24) is 4.98 Å². The van der Waals surface area contributed by atoms with Crippen LogP contribution in [0.15, 0.2) is 17.4 Å². The van der Waals surface area contributed by atoms with Gasteiger partial charge in [-0.25, -0.2) is 4.98 Å². The van der Waals surface area contributed by atoms with E-state index in [0.29, 0.717) is 6.20 Å². The van der Waals surface area contributed by atoms with Crippen LogP contribution in [-0.2, 0) is 6.18 Å². The maximum atomic E-state index is 12.7. The Kier molecular flexibility index (Phi) is 4.96. The first kappa shape index (κ1) is 15.5. The Hall–Kier alpha value is -1.54. The molecule has 10 heteroatoms. The van der Waals surface area contributed by atoms with Gasteiger partial charge in [0.25, 0.3) is 0 Å². The first-order valence-corrected chi connectivity index (χ1v) is 5.24. The highest BCUT2D eigenvalue weighted by Gasteiger charge is 2.37. The zero-order chi connectivity index (χ0) is 14.6. The number of hydrogen-bond acceptors (Lipinski definition) is 4. The number of alkyl halides is 3. The summed E-state index contributed by atoms with van der Waals surface area (Å²) in [4.78, 5) is 5.61. The summed E-state index contributed by atoms with van der Waals surface area (Å²) in [6.45, 7) is -0.574. The monoisotopic (exact) mass is 296 g/mol. The number of halogens is 4. The molecular weight excluding hydrogens is 289 g/mol. The van der Waals surface area contributed by atoms with Gasteiger partial charge < -0.3 is 10.2 Å². The molecule has 1 rings (SSSR count). The summed E-state index contributed by atoms with van der Waals surface area (Å²) < 4.78 is 38.1. The van der Waals surface area contributed by atoms with E-state index in [1.165, 1.54) is 0 Å². The third-order valence-electron chi connectivity index (χ3n) is 2.22. The fourth-order valence-electron chi connectivity index (χ4n) is 1.35. The van der Waals surface area contributed by atoms with E-state index in [1.807, 2.05) is 0 Å². The molecule has 2 N–H and O–H groups in total. The van der Waals surface area contributed by atoms with E-state index in [-0.39, 0.29) is 5.15 Å². The van der Waals surface area contributed by atoms with E-state index >= 15 is 0 Å². The highest BCUT2D eigenvalue weighted by Crippen LogP contribution is 2.36. The van der Waals surface area contributed by atoms with Crippen LogP contribution in [0.25, 0.3) is 10.4 Å². The molecule has 2 unspecified atom stereocenters. The van der Waals surface area contributed by atoms with Crippen LogP contribution in [-0.4, -0.2) is 27.8 Å². The number of azide groups is 1. The van der Waals surface area contributed by atoms with E-state index in [9.17, 15) is 23.4 Å². The molecule has 1 aromatic heterocycles. The lowest BCUT2D eigenvalue weighted by atomic mass is 10.0. The summed E-state index contributed by atoms with van der Waals surface area (Å²) in [7, 11) is 0. The lowest BCUT2D eigenvalue weighted by Crippen LogP contribution is -2.24. The van der Waals surface area contributed by atoms with Crippen molar-refractivity contribution in [1.29, 1.82) is 0 Å². The molecule has 0 bridgehead atoms. The summed E-state index contributed by atoms with van der Waals surface area (Å²) >= 11 is 5.47. The zero-order valence-corrected chi connectivity index (χ0v) is 9.97. The lowest BCUT2D eigenvalue weighted by molar-refractivity contribution is -0.140. The average Bonchev–Trinajstić information content (AvgIpc) is 2.33. The molecule has 104 valence electrons. The summed E-state index contributed by atoms with van der Waals surface area (Å²) in [5.41, 5.74) is 6.20. The van der Waals surface area contributed by atoms with Crippen LogP contribution in [0.3, 0.4) is 0 Å². The van der Waals surface area contributed by atoms with Crippen molar-refractivity contribution in [2.24, 2.45) is 5.11 Å². The van der Waals surface area contributed by atoms with Gasteiger partial charge in [0.2, 0.25) is 0 Å². The van der Waals surface area contributed by atoms with E-state index in [4.69, 9.17) is 17.1 Å². The van der Waals surface area contributed by atoms with Gasteiger partial charge in [-0.2, -0.15) is 13.2 Å². The second-order valence-electron chi connectivity index (χ2n) is 3.52. The molecule has 1 heterocycles. The molecule has 0 amide bonds. The Bertz CT molecular complexity index is 505. The number of pyridine rings is 1. The Morgan fingerprint density at radius 1 is 1.47 bits per heavy atom. The molecule has 19 heavy (non-hydrogen) atoms. The van der Waals surface area contributed by atoms with E-state index in [2.05, 4.69) is 15.0 Å². The highest BCUT2D eigenvalue weighted by atomic mass is 35.5. The smallest absolute Gasteiger partial charge is 0.390 e. The molecule has 0 aliphatic carbocycles. The van der Waals surface area contributed by atoms with Gasteiger partial charge in [-0.3, -0.25) is 0 Å². The molecule has 0 saturated heterocycles. The third kappa shape index (κ3) is 3.97. The minimum absolute atomic E-state index is 0.266. The largest absolute Gasteiger partial charge is 0.418 e. The van der Waals surface area contributed by atoms with Gasteiger partial charge in [-0.15, -0.1) is 0 Å². The number of aliphatic hydroxyl groups excluding tert-OH is 2. The topological polar surface area (TPSA) is 102 Å². The van der Waals surface area contributed by atoms with Crippen molar-refractivity contribution in [3.8, 4) is 0 Å². The van der Waals surface area contributed by atoms with Crippen molar-refractivity contribution in [2.75, 3.05) is 6.54 Å². The fraction of sp³-hybridized carbons (Fsp3) is 0.444. The maximum absolute atomic E-state index is 12.7. The quantitative estimate of drug-likeness (QED) is 0.386. The van der Waals surface area contributed by atoms with Crippen LogP contribution in [0.4, 0.5) is 13.2 Å². The SMILES string of the molecule is [N-]=[N+]=NCC(O)C(O)c1cc(Cl)ncc1C(F)(F)F. The van der Waals surface area contributed by atoms with Gasteiger partial charge in [0, 0.05) is 11.1 Å². The van der Waals surface area contributed by atoms with Crippen LogP contribution >= 0.6 is 11.6 Å². The predicted molar refractivity (Wildman–Crippen MR) is 59.2 cm³/mol. The maximum Gasteiger partial charge on any atom is 0.418 e. The van der Waals surface area contributed by atoms with Crippen LogP contribution in [0.2, 0.25) is 5.15 Å². The van der Waals surface area contributed by atoms with E-state index in [1.54, 1.807) is 0 Å². The molecule has 0 aromatic carbocycles. The number of aromatic nitrogens is 1. The molecule has 0 fully saturated rings. The van der Waals surface area contributed by atoms with Crippen molar-refractivity contribution in [3.63, 3.8) is 0 Å². The van der Waals surface area contributed by atoms with Crippen molar-refractivity contribution < 1.29 is 23.4 Å². The summed E-state index contributed by atoms with van der Waals surface area (Å²) in [5.74, 6) is 0. The van der Waals surface area contributed by atoms with Crippen LogP contribution < -0.4 is 0 Å². The Labute approximate surface area is 110 Å². The van der Waals surface area contributed by atoms with E-state index < -0.39 is 36.1 Å². The minimum Gasteiger partial charge on any atom is -0.390 e. The third-order valence-corrected chi connectivity index (χ3v) is 2.43. The molecule has 0 aliphatic rings. The standard InChI is InChI=1S/C9H8ClF3N4O2/c10-7-1-4(5(2-15-7)9(11,12)13)8(19)6(18)3-16-17-14/h1-2,6,8,18-19H,3H2. The van der Waals surface area contributed by atoms with Gasteiger partial charge in [0.05, 0.1) is 18.2 Å². The Balaban J connectivity index is 3.17. The van der Waals surface area contributed by atoms with Gasteiger partial charge >= 0.3 is 6.18 Å². The molecule has 2 atom stereocenters. The fourth-order valence-corrected chi connectivity index (χ4v) is 1.52. The van der Waals surface area contributed by atoms with Gasteiger partial charge in [0.1, 0.15) is 11.3 Å². The van der Waals surface area contributed by atoms with Gasteiger partial charge in [0.15, 0.2) is 0 Å². The second-order valence-corrected chi connectivity index (χ2v) is 3.90. The number of aliphatic hydroxyl groups is 2. The molecule has 0 spiro atoms. The van der Waals surface area contributed by atoms with Crippen molar-refractivity contribution in [3.05, 3.63) is 39.0 Å². The van der Waals surface area contributed by atoms with Gasteiger partial charge in [-0.1, -0.05) is 16.7 Å². The molecule has 0 radical (unpaired) electrons. The highest BCUT2D eigenvalue weighted by molar-refractivity contribution is 6.29. The molecule has 1 aromatic rings. The first-order chi connectivity index (χ1) is 8.77. The normalized spacial score (nSPS) is 14.6.